The topological polar surface area (TPSA) is 102 Å². The largest absolute Gasteiger partial charge is 0.497 e. The van der Waals surface area contributed by atoms with Crippen LogP contribution in [0.25, 0.3) is 10.8 Å². The summed E-state index contributed by atoms with van der Waals surface area (Å²) in [5, 5.41) is 4.74. The molecule has 0 saturated heterocycles. The van der Waals surface area contributed by atoms with Crippen molar-refractivity contribution in [3.05, 3.63) is 69.9 Å². The Labute approximate surface area is 158 Å². The molecular formula is C19H17FN4O4. The highest BCUT2D eigenvalue weighted by Crippen LogP contribution is 2.16. The van der Waals surface area contributed by atoms with E-state index < -0.39 is 17.6 Å². The molecule has 0 saturated carbocycles. The fourth-order valence-corrected chi connectivity index (χ4v) is 2.66. The second-order valence-electron chi connectivity index (χ2n) is 5.77. The molecule has 28 heavy (non-hydrogen) atoms. The second-order valence-corrected chi connectivity index (χ2v) is 5.77. The van der Waals surface area contributed by atoms with E-state index in [1.165, 1.54) is 19.2 Å². The minimum Gasteiger partial charge on any atom is -0.497 e. The summed E-state index contributed by atoms with van der Waals surface area (Å²) in [5.74, 6) is -2.12. The summed E-state index contributed by atoms with van der Waals surface area (Å²) < 4.78 is 20.0. The Hall–Kier alpha value is -3.75. The normalized spacial score (nSPS) is 10.5. The highest BCUT2D eigenvalue weighted by atomic mass is 19.1. The van der Waals surface area contributed by atoms with E-state index in [9.17, 15) is 18.8 Å². The lowest BCUT2D eigenvalue weighted by atomic mass is 10.1. The van der Waals surface area contributed by atoms with Gasteiger partial charge in [0.05, 0.1) is 18.1 Å². The van der Waals surface area contributed by atoms with Crippen LogP contribution in [0.15, 0.2) is 47.3 Å². The van der Waals surface area contributed by atoms with E-state index in [1.807, 2.05) is 0 Å². The van der Waals surface area contributed by atoms with Crippen LogP contribution in [0.4, 0.5) is 4.39 Å². The number of amides is 2. The molecule has 3 aromatic rings. The Morgan fingerprint density at radius 1 is 1.11 bits per heavy atom. The molecule has 2 aromatic carbocycles. The molecule has 0 aliphatic carbocycles. The van der Waals surface area contributed by atoms with Crippen molar-refractivity contribution in [2.45, 2.75) is 13.5 Å². The van der Waals surface area contributed by atoms with Crippen molar-refractivity contribution in [1.82, 2.24) is 20.6 Å². The van der Waals surface area contributed by atoms with Crippen molar-refractivity contribution in [3.63, 3.8) is 0 Å². The molecule has 0 bridgehead atoms. The maximum atomic E-state index is 14.0. The van der Waals surface area contributed by atoms with E-state index in [1.54, 1.807) is 31.2 Å². The van der Waals surface area contributed by atoms with Crippen LogP contribution in [0, 0.1) is 5.82 Å². The molecular weight excluding hydrogens is 367 g/mol. The van der Waals surface area contributed by atoms with Gasteiger partial charge >= 0.3 is 0 Å². The van der Waals surface area contributed by atoms with Crippen molar-refractivity contribution in [3.8, 4) is 5.75 Å². The van der Waals surface area contributed by atoms with Crippen molar-refractivity contribution in [2.24, 2.45) is 0 Å². The molecule has 2 amide bonds. The molecule has 0 spiro atoms. The van der Waals surface area contributed by atoms with Crippen LogP contribution in [0.2, 0.25) is 0 Å². The van der Waals surface area contributed by atoms with Gasteiger partial charge < -0.3 is 4.74 Å². The fourth-order valence-electron chi connectivity index (χ4n) is 2.66. The van der Waals surface area contributed by atoms with E-state index in [-0.39, 0.29) is 29.1 Å². The average molecular weight is 384 g/mol. The predicted octanol–water partition coefficient (Wildman–Crippen LogP) is 1.64. The first kappa shape index (κ1) is 19.0. The molecule has 1 aromatic heterocycles. The third-order valence-corrected chi connectivity index (χ3v) is 4.09. The van der Waals surface area contributed by atoms with Crippen LogP contribution in [0.5, 0.6) is 5.75 Å². The number of fused-ring (bicyclic) bond motifs is 1. The number of carbonyl (C=O) groups excluding carboxylic acids is 2. The average Bonchev–Trinajstić information content (AvgIpc) is 2.72. The standard InChI is InChI=1S/C19H17FN4O4/c1-3-24-19(27)13-7-5-4-6-12(13)16(23-24)18(26)22-21-17(25)14-9-8-11(28-2)10-15(14)20/h4-10H,3H2,1-2H3,(H,21,25)(H,22,26). The summed E-state index contributed by atoms with van der Waals surface area (Å²) in [6.45, 7) is 1.99. The first-order chi connectivity index (χ1) is 13.5. The van der Waals surface area contributed by atoms with E-state index in [0.717, 1.165) is 10.7 Å². The molecule has 0 atom stereocenters. The number of hydrazine groups is 1. The van der Waals surface area contributed by atoms with E-state index in [2.05, 4.69) is 16.0 Å². The molecule has 1 heterocycles. The summed E-state index contributed by atoms with van der Waals surface area (Å²) in [6.07, 6.45) is 0. The smallest absolute Gasteiger partial charge is 0.290 e. The minimum atomic E-state index is -0.846. The number of methoxy groups -OCH3 is 1. The van der Waals surface area contributed by atoms with E-state index >= 15 is 0 Å². The zero-order valence-corrected chi connectivity index (χ0v) is 15.2. The summed E-state index contributed by atoms with van der Waals surface area (Å²) in [4.78, 5) is 37.0. The summed E-state index contributed by atoms with van der Waals surface area (Å²) >= 11 is 0. The van der Waals surface area contributed by atoms with Gasteiger partial charge in [-0.2, -0.15) is 5.10 Å². The molecule has 2 N–H and O–H groups in total. The summed E-state index contributed by atoms with van der Waals surface area (Å²) in [5.41, 5.74) is 3.73. The molecule has 9 heteroatoms. The highest BCUT2D eigenvalue weighted by Gasteiger charge is 2.18. The van der Waals surface area contributed by atoms with Crippen molar-refractivity contribution in [1.29, 1.82) is 0 Å². The van der Waals surface area contributed by atoms with Gasteiger partial charge in [-0.25, -0.2) is 9.07 Å². The monoisotopic (exact) mass is 384 g/mol. The molecule has 0 fully saturated rings. The van der Waals surface area contributed by atoms with Gasteiger partial charge in [0.1, 0.15) is 11.6 Å². The maximum Gasteiger partial charge on any atom is 0.290 e. The molecule has 0 aliphatic heterocycles. The van der Waals surface area contributed by atoms with Crippen molar-refractivity contribution < 1.29 is 18.7 Å². The number of carbonyl (C=O) groups is 2. The SMILES string of the molecule is CCn1nc(C(=O)NNC(=O)c2ccc(OC)cc2F)c2ccccc2c1=O. The molecule has 8 nitrogen and oxygen atoms in total. The molecule has 3 rings (SSSR count). The third kappa shape index (κ3) is 3.54. The number of hydrogen-bond acceptors (Lipinski definition) is 5. The number of rotatable bonds is 4. The van der Waals surface area contributed by atoms with Gasteiger partial charge in [-0.05, 0) is 25.1 Å². The predicted molar refractivity (Wildman–Crippen MR) is 99.6 cm³/mol. The molecule has 0 aliphatic rings. The number of nitrogens with zero attached hydrogens (tertiary/aromatic N) is 2. The van der Waals surface area contributed by atoms with Crippen LogP contribution in [0.3, 0.4) is 0 Å². The van der Waals surface area contributed by atoms with Gasteiger partial charge in [-0.15, -0.1) is 0 Å². The number of nitrogens with one attached hydrogen (secondary N) is 2. The molecule has 144 valence electrons. The van der Waals surface area contributed by atoms with Crippen LogP contribution in [-0.2, 0) is 6.54 Å². The lowest BCUT2D eigenvalue weighted by molar-refractivity contribution is 0.0841. The number of halogens is 1. The van der Waals surface area contributed by atoms with Gasteiger partial charge in [0, 0.05) is 18.0 Å². The van der Waals surface area contributed by atoms with Gasteiger partial charge in [-0.1, -0.05) is 18.2 Å². The van der Waals surface area contributed by atoms with E-state index in [4.69, 9.17) is 4.74 Å². The van der Waals surface area contributed by atoms with Gasteiger partial charge in [-0.3, -0.25) is 25.2 Å². The Balaban J connectivity index is 1.85. The first-order valence-corrected chi connectivity index (χ1v) is 8.40. The lowest BCUT2D eigenvalue weighted by Gasteiger charge is -2.11. The van der Waals surface area contributed by atoms with Crippen LogP contribution >= 0.6 is 0 Å². The second kappa shape index (κ2) is 7.87. The Morgan fingerprint density at radius 2 is 1.79 bits per heavy atom. The minimum absolute atomic E-state index is 0.0347. The van der Waals surface area contributed by atoms with Gasteiger partial charge in [0.25, 0.3) is 17.4 Å². The van der Waals surface area contributed by atoms with Crippen LogP contribution in [-0.4, -0.2) is 28.7 Å². The molecule has 0 radical (unpaired) electrons. The maximum absolute atomic E-state index is 14.0. The number of benzene rings is 2. The Bertz CT molecular complexity index is 1130. The van der Waals surface area contributed by atoms with Crippen LogP contribution in [0.1, 0.15) is 27.8 Å². The zero-order valence-electron chi connectivity index (χ0n) is 15.2. The summed E-state index contributed by atoms with van der Waals surface area (Å²) in [6, 6.07) is 10.2. The van der Waals surface area contributed by atoms with Crippen molar-refractivity contribution in [2.75, 3.05) is 7.11 Å². The lowest BCUT2D eigenvalue weighted by Crippen LogP contribution is -2.43. The third-order valence-electron chi connectivity index (χ3n) is 4.09. The Kier molecular flexibility index (Phi) is 5.35. The van der Waals surface area contributed by atoms with Gasteiger partial charge in [0.2, 0.25) is 0 Å². The van der Waals surface area contributed by atoms with Crippen LogP contribution < -0.4 is 21.1 Å². The Morgan fingerprint density at radius 3 is 2.43 bits per heavy atom. The quantitative estimate of drug-likeness (QED) is 0.666. The highest BCUT2D eigenvalue weighted by molar-refractivity contribution is 6.06. The fraction of sp³-hybridized carbons (Fsp3) is 0.158. The van der Waals surface area contributed by atoms with Crippen molar-refractivity contribution >= 4 is 22.6 Å². The van der Waals surface area contributed by atoms with Gasteiger partial charge in [0.15, 0.2) is 5.69 Å². The number of ether oxygens (including phenoxy) is 1. The first-order valence-electron chi connectivity index (χ1n) is 8.40. The zero-order chi connectivity index (χ0) is 20.3. The number of aryl methyl sites for hydroxylation is 1. The number of hydrogen-bond donors (Lipinski definition) is 2. The summed E-state index contributed by atoms with van der Waals surface area (Å²) in [7, 11) is 1.38. The number of aromatic nitrogens is 2. The van der Waals surface area contributed by atoms with E-state index in [0.29, 0.717) is 10.8 Å². The molecule has 0 unspecified atom stereocenters.